The smallest absolute Gasteiger partial charge is 0.347 e. The molecule has 2 N–H and O–H groups in total. The van der Waals surface area contributed by atoms with E-state index in [4.69, 9.17) is 14.6 Å². The van der Waals surface area contributed by atoms with E-state index < -0.39 is 5.63 Å². The number of furan rings is 1. The second-order valence-electron chi connectivity index (χ2n) is 6.12. The van der Waals surface area contributed by atoms with Gasteiger partial charge in [-0.05, 0) is 42.2 Å². The van der Waals surface area contributed by atoms with Crippen LogP contribution in [0.25, 0.3) is 21.9 Å². The number of hydrogen-bond acceptors (Lipinski definition) is 5. The first-order valence-electron chi connectivity index (χ1n) is 8.84. The maximum absolute atomic E-state index is 11.7. The fourth-order valence-corrected chi connectivity index (χ4v) is 3.20. The Bertz CT molecular complexity index is 1120. The van der Waals surface area contributed by atoms with Crippen LogP contribution in [0, 0.1) is 0 Å². The van der Waals surface area contributed by atoms with Crippen LogP contribution in [-0.2, 0) is 12.8 Å². The van der Waals surface area contributed by atoms with E-state index in [1.165, 1.54) is 0 Å². The normalized spacial score (nSPS) is 10.6. The Balaban J connectivity index is 0.000000193. The number of rotatable bonds is 3. The Morgan fingerprint density at radius 1 is 1.04 bits per heavy atom. The molecule has 0 spiro atoms. The number of carbonyl (C=O) groups excluding carboxylic acids is 1. The highest BCUT2D eigenvalue weighted by Gasteiger charge is 2.15. The van der Waals surface area contributed by atoms with Gasteiger partial charge in [-0.2, -0.15) is 0 Å². The number of fused-ring (bicyclic) bond motifs is 2. The fraction of sp³-hybridized carbons (Fsp3) is 0.182. The number of aryl methyl sites for hydroxylation is 2. The minimum absolute atomic E-state index is 0.115. The average Bonchev–Trinajstić information content (AvgIpc) is 3.15. The molecule has 0 fully saturated rings. The van der Waals surface area contributed by atoms with Gasteiger partial charge in [-0.15, -0.1) is 0 Å². The van der Waals surface area contributed by atoms with E-state index in [2.05, 4.69) is 0 Å². The second-order valence-corrected chi connectivity index (χ2v) is 6.12. The molecule has 0 atom stereocenters. The summed E-state index contributed by atoms with van der Waals surface area (Å²) < 4.78 is 10.3. The van der Waals surface area contributed by atoms with Gasteiger partial charge in [-0.3, -0.25) is 4.79 Å². The zero-order valence-corrected chi connectivity index (χ0v) is 15.3. The van der Waals surface area contributed by atoms with Gasteiger partial charge in [0.05, 0.1) is 6.26 Å². The minimum atomic E-state index is -0.595. The molecule has 0 aliphatic heterocycles. The molecule has 0 saturated heterocycles. The summed E-state index contributed by atoms with van der Waals surface area (Å²) >= 11 is 0. The lowest BCUT2D eigenvalue weighted by Gasteiger charge is -2.11. The number of hydrogen-bond donors (Lipinski definition) is 1. The molecule has 4 rings (SSSR count). The maximum atomic E-state index is 11.7. The van der Waals surface area contributed by atoms with Crippen molar-refractivity contribution in [2.24, 2.45) is 0 Å². The van der Waals surface area contributed by atoms with Crippen LogP contribution in [0.2, 0.25) is 0 Å². The van der Waals surface area contributed by atoms with Crippen molar-refractivity contribution in [3.63, 3.8) is 0 Å². The van der Waals surface area contributed by atoms with E-state index >= 15 is 0 Å². The molecule has 2 aromatic heterocycles. The fourth-order valence-electron chi connectivity index (χ4n) is 3.20. The summed E-state index contributed by atoms with van der Waals surface area (Å²) in [4.78, 5) is 22.7. The van der Waals surface area contributed by atoms with Crippen LogP contribution in [0.3, 0.4) is 0 Å². The predicted octanol–water partition coefficient (Wildman–Crippen LogP) is 4.75. The summed E-state index contributed by atoms with van der Waals surface area (Å²) in [7, 11) is 0. The van der Waals surface area contributed by atoms with Crippen molar-refractivity contribution in [3.05, 3.63) is 75.8 Å². The van der Waals surface area contributed by atoms with E-state index in [9.17, 15) is 9.59 Å². The molecule has 138 valence electrons. The molecule has 0 bridgehead atoms. The van der Waals surface area contributed by atoms with Crippen LogP contribution >= 0.6 is 0 Å². The van der Waals surface area contributed by atoms with Gasteiger partial charge in [0.25, 0.3) is 0 Å². The lowest BCUT2D eigenvalue weighted by molar-refractivity contribution is 0.111. The zero-order valence-electron chi connectivity index (χ0n) is 15.3. The van der Waals surface area contributed by atoms with Gasteiger partial charge in [0.15, 0.2) is 6.29 Å². The molecular formula is C22H21NO4. The van der Waals surface area contributed by atoms with Gasteiger partial charge in [0.2, 0.25) is 0 Å². The Kier molecular flexibility index (Phi) is 5.41. The van der Waals surface area contributed by atoms with Crippen molar-refractivity contribution in [2.45, 2.75) is 26.7 Å². The Morgan fingerprint density at radius 3 is 2.48 bits per heavy atom. The first-order valence-corrected chi connectivity index (χ1v) is 8.84. The van der Waals surface area contributed by atoms with Crippen molar-refractivity contribution < 1.29 is 13.6 Å². The van der Waals surface area contributed by atoms with Crippen LogP contribution in [0.1, 0.15) is 35.3 Å². The van der Waals surface area contributed by atoms with Gasteiger partial charge in [0, 0.05) is 22.5 Å². The van der Waals surface area contributed by atoms with Crippen molar-refractivity contribution in [3.8, 4) is 0 Å². The Morgan fingerprint density at radius 2 is 1.81 bits per heavy atom. The number of carbonyl (C=O) groups is 1. The molecule has 0 amide bonds. The lowest BCUT2D eigenvalue weighted by Crippen LogP contribution is -2.11. The topological polar surface area (TPSA) is 86.4 Å². The lowest BCUT2D eigenvalue weighted by atomic mass is 9.97. The van der Waals surface area contributed by atoms with Crippen molar-refractivity contribution in [2.75, 3.05) is 5.73 Å². The second kappa shape index (κ2) is 7.91. The maximum Gasteiger partial charge on any atom is 0.347 e. The van der Waals surface area contributed by atoms with E-state index in [-0.39, 0.29) is 5.56 Å². The monoisotopic (exact) mass is 363 g/mol. The minimum Gasteiger partial charge on any atom is -0.464 e. The summed E-state index contributed by atoms with van der Waals surface area (Å²) in [6.45, 7) is 3.91. The summed E-state index contributed by atoms with van der Waals surface area (Å²) in [5, 5.41) is 2.01. The highest BCUT2D eigenvalue weighted by molar-refractivity contribution is 5.92. The largest absolute Gasteiger partial charge is 0.464 e. The SMILES string of the molecule is CCc1cc(N)cc2oc(=O)c(C=O)c(CC)c12.c1ccc2occc2c1. The van der Waals surface area contributed by atoms with Gasteiger partial charge >= 0.3 is 5.63 Å². The van der Waals surface area contributed by atoms with E-state index in [1.54, 1.807) is 12.3 Å². The molecule has 5 heteroatoms. The molecule has 0 aliphatic carbocycles. The molecule has 0 saturated carbocycles. The molecule has 0 unspecified atom stereocenters. The third-order valence-electron chi connectivity index (χ3n) is 4.47. The van der Waals surface area contributed by atoms with E-state index in [1.807, 2.05) is 50.2 Å². The summed E-state index contributed by atoms with van der Waals surface area (Å²) in [6, 6.07) is 13.4. The molecule has 27 heavy (non-hydrogen) atoms. The third kappa shape index (κ3) is 3.62. The van der Waals surface area contributed by atoms with E-state index in [0.717, 1.165) is 33.9 Å². The molecule has 2 aromatic carbocycles. The van der Waals surface area contributed by atoms with Gasteiger partial charge in [-0.25, -0.2) is 4.79 Å². The first kappa shape index (κ1) is 18.5. The van der Waals surface area contributed by atoms with Crippen LogP contribution in [0.4, 0.5) is 5.69 Å². The van der Waals surface area contributed by atoms with E-state index in [0.29, 0.717) is 24.0 Å². The van der Waals surface area contributed by atoms with Crippen molar-refractivity contribution in [1.29, 1.82) is 0 Å². The molecular weight excluding hydrogens is 342 g/mol. The molecule has 2 heterocycles. The number of aldehydes is 1. The van der Waals surface area contributed by atoms with Crippen LogP contribution < -0.4 is 11.4 Å². The van der Waals surface area contributed by atoms with Gasteiger partial charge < -0.3 is 14.6 Å². The molecule has 5 nitrogen and oxygen atoms in total. The number of nitrogens with two attached hydrogens (primary N) is 1. The van der Waals surface area contributed by atoms with Crippen LogP contribution in [0.15, 0.2) is 62.4 Å². The average molecular weight is 363 g/mol. The Hall–Kier alpha value is -3.34. The van der Waals surface area contributed by atoms with Crippen molar-refractivity contribution >= 4 is 33.9 Å². The molecule has 0 radical (unpaired) electrons. The number of benzene rings is 2. The number of nitrogen functional groups attached to an aromatic ring is 1. The van der Waals surface area contributed by atoms with Crippen LogP contribution in [0.5, 0.6) is 0 Å². The molecule has 4 aromatic rings. The summed E-state index contributed by atoms with van der Waals surface area (Å²) in [6.07, 6.45) is 3.64. The standard InChI is InChI=1S/C14H15NO3.C8H6O/c1-3-8-5-9(15)6-12-13(8)10(4-2)11(7-16)14(17)18-12;1-2-4-8-7(3-1)5-6-9-8/h5-7H,3-4,15H2,1-2H3;1-6H. The third-order valence-corrected chi connectivity index (χ3v) is 4.47. The van der Waals surface area contributed by atoms with Crippen molar-refractivity contribution in [1.82, 2.24) is 0 Å². The van der Waals surface area contributed by atoms with Crippen LogP contribution in [-0.4, -0.2) is 6.29 Å². The highest BCUT2D eigenvalue weighted by Crippen LogP contribution is 2.27. The number of para-hydroxylation sites is 1. The van der Waals surface area contributed by atoms with Gasteiger partial charge in [0.1, 0.15) is 16.7 Å². The number of anilines is 1. The quantitative estimate of drug-likeness (QED) is 0.323. The first-order chi connectivity index (χ1) is 13.1. The Labute approximate surface area is 156 Å². The molecule has 0 aliphatic rings. The highest BCUT2D eigenvalue weighted by atomic mass is 16.4. The summed E-state index contributed by atoms with van der Waals surface area (Å²) in [5.41, 5.74) is 9.01. The van der Waals surface area contributed by atoms with Gasteiger partial charge in [-0.1, -0.05) is 32.0 Å². The summed E-state index contributed by atoms with van der Waals surface area (Å²) in [5.74, 6) is 0. The predicted molar refractivity (Wildman–Crippen MR) is 107 cm³/mol. The zero-order chi connectivity index (χ0) is 19.4.